The van der Waals surface area contributed by atoms with Gasteiger partial charge in [-0.25, -0.2) is 0 Å². The van der Waals surface area contributed by atoms with Crippen molar-refractivity contribution < 1.29 is 19.4 Å². The van der Waals surface area contributed by atoms with Crippen LogP contribution in [0.15, 0.2) is 72.9 Å². The van der Waals surface area contributed by atoms with Gasteiger partial charge in [-0.3, -0.25) is 4.79 Å². The number of nitrogens with one attached hydrogen (secondary N) is 2. The molecule has 170 valence electrons. The molecule has 33 heavy (non-hydrogen) atoms. The number of para-hydroxylation sites is 1. The number of ether oxygens (including phenoxy) is 2. The molecule has 1 amide bonds. The third-order valence-electron chi connectivity index (χ3n) is 5.64. The van der Waals surface area contributed by atoms with E-state index in [4.69, 9.17) is 9.47 Å². The van der Waals surface area contributed by atoms with E-state index in [2.05, 4.69) is 10.3 Å². The van der Waals surface area contributed by atoms with Crippen molar-refractivity contribution in [1.29, 1.82) is 0 Å². The molecule has 0 bridgehead atoms. The number of aliphatic hydroxyl groups is 1. The predicted octanol–water partition coefficient (Wildman–Crippen LogP) is 4.58. The lowest BCUT2D eigenvalue weighted by Gasteiger charge is -2.18. The maximum absolute atomic E-state index is 13.3. The van der Waals surface area contributed by atoms with E-state index in [-0.39, 0.29) is 12.5 Å². The van der Waals surface area contributed by atoms with E-state index in [1.165, 1.54) is 0 Å². The second-order valence-corrected chi connectivity index (χ2v) is 7.79. The van der Waals surface area contributed by atoms with E-state index in [9.17, 15) is 9.90 Å². The Bertz CT molecular complexity index is 1230. The first-order valence-corrected chi connectivity index (χ1v) is 11.0. The van der Waals surface area contributed by atoms with E-state index in [0.717, 1.165) is 33.3 Å². The normalized spacial score (nSPS) is 11.8. The standard InChI is InChI=1S/C27H28N2O4/c1-3-33-26-13-10-19(18-8-11-22(32-2)12-9-18)15-24(26)27(31)29-21(17-30)14-20-16-28-25-7-5-4-6-23(20)25/h4-13,15-16,21,28,30H,3,14,17H2,1-2H3,(H,29,31). The first-order chi connectivity index (χ1) is 16.1. The molecule has 6 heteroatoms. The number of hydrogen-bond acceptors (Lipinski definition) is 4. The number of amides is 1. The van der Waals surface area contributed by atoms with Crippen molar-refractivity contribution in [3.8, 4) is 22.6 Å². The van der Waals surface area contributed by atoms with Crippen LogP contribution in [0.2, 0.25) is 0 Å². The highest BCUT2D eigenvalue weighted by atomic mass is 16.5. The van der Waals surface area contributed by atoms with Gasteiger partial charge in [0.15, 0.2) is 0 Å². The molecule has 0 saturated carbocycles. The molecule has 0 radical (unpaired) electrons. The Morgan fingerprint density at radius 1 is 1.06 bits per heavy atom. The average Bonchev–Trinajstić information content (AvgIpc) is 3.26. The van der Waals surface area contributed by atoms with Crippen LogP contribution in [0.3, 0.4) is 0 Å². The minimum Gasteiger partial charge on any atom is -0.497 e. The van der Waals surface area contributed by atoms with Crippen LogP contribution in [0.1, 0.15) is 22.8 Å². The van der Waals surface area contributed by atoms with Crippen molar-refractivity contribution in [3.63, 3.8) is 0 Å². The minimum atomic E-state index is -0.434. The number of rotatable bonds is 9. The molecule has 4 aromatic rings. The number of aromatic amines is 1. The third kappa shape index (κ3) is 5.02. The summed E-state index contributed by atoms with van der Waals surface area (Å²) in [4.78, 5) is 16.5. The number of aromatic nitrogens is 1. The lowest BCUT2D eigenvalue weighted by molar-refractivity contribution is 0.0913. The van der Waals surface area contributed by atoms with Gasteiger partial charge in [-0.05, 0) is 60.4 Å². The number of hydrogen-bond donors (Lipinski definition) is 3. The van der Waals surface area contributed by atoms with E-state index in [1.807, 2.05) is 79.9 Å². The van der Waals surface area contributed by atoms with Crippen LogP contribution >= 0.6 is 0 Å². The summed E-state index contributed by atoms with van der Waals surface area (Å²) in [7, 11) is 1.63. The fourth-order valence-corrected chi connectivity index (χ4v) is 3.94. The Balaban J connectivity index is 1.58. The number of aliphatic hydroxyl groups excluding tert-OH is 1. The van der Waals surface area contributed by atoms with E-state index in [1.54, 1.807) is 7.11 Å². The molecule has 0 aliphatic rings. The summed E-state index contributed by atoms with van der Waals surface area (Å²) < 4.78 is 10.9. The highest BCUT2D eigenvalue weighted by Crippen LogP contribution is 2.28. The topological polar surface area (TPSA) is 83.6 Å². The molecular formula is C27H28N2O4. The molecule has 1 atom stereocenters. The van der Waals surface area contributed by atoms with E-state index in [0.29, 0.717) is 24.3 Å². The zero-order valence-electron chi connectivity index (χ0n) is 18.8. The monoisotopic (exact) mass is 444 g/mol. The Labute approximate surface area is 193 Å². The van der Waals surface area contributed by atoms with Crippen molar-refractivity contribution in [3.05, 3.63) is 84.1 Å². The van der Waals surface area contributed by atoms with Crippen molar-refractivity contribution in [1.82, 2.24) is 10.3 Å². The lowest BCUT2D eigenvalue weighted by atomic mass is 10.0. The molecule has 0 aliphatic carbocycles. The van der Waals surface area contributed by atoms with Crippen molar-refractivity contribution in [2.24, 2.45) is 0 Å². The maximum Gasteiger partial charge on any atom is 0.255 e. The second-order valence-electron chi connectivity index (χ2n) is 7.79. The molecule has 4 rings (SSSR count). The molecule has 1 aromatic heterocycles. The minimum absolute atomic E-state index is 0.173. The Morgan fingerprint density at radius 3 is 2.55 bits per heavy atom. The van der Waals surface area contributed by atoms with Gasteiger partial charge in [0.25, 0.3) is 5.91 Å². The highest BCUT2D eigenvalue weighted by molar-refractivity contribution is 5.98. The average molecular weight is 445 g/mol. The zero-order chi connectivity index (χ0) is 23.2. The Morgan fingerprint density at radius 2 is 1.82 bits per heavy atom. The Hall–Kier alpha value is -3.77. The van der Waals surface area contributed by atoms with Crippen LogP contribution in [0.4, 0.5) is 0 Å². The summed E-state index contributed by atoms with van der Waals surface area (Å²) in [6.45, 7) is 2.15. The van der Waals surface area contributed by atoms with Gasteiger partial charge in [0, 0.05) is 17.1 Å². The van der Waals surface area contributed by atoms with E-state index < -0.39 is 6.04 Å². The third-order valence-corrected chi connectivity index (χ3v) is 5.64. The summed E-state index contributed by atoms with van der Waals surface area (Å²) in [6, 6.07) is 20.8. The molecule has 1 heterocycles. The van der Waals surface area contributed by atoms with Crippen molar-refractivity contribution >= 4 is 16.8 Å². The van der Waals surface area contributed by atoms with Crippen LogP contribution in [-0.4, -0.2) is 42.4 Å². The largest absolute Gasteiger partial charge is 0.497 e. The second kappa shape index (κ2) is 10.2. The summed E-state index contributed by atoms with van der Waals surface area (Å²) in [6.07, 6.45) is 2.43. The van der Waals surface area contributed by atoms with Gasteiger partial charge in [-0.15, -0.1) is 0 Å². The van der Waals surface area contributed by atoms with Gasteiger partial charge in [0.1, 0.15) is 11.5 Å². The number of H-pyrrole nitrogens is 1. The molecule has 3 aromatic carbocycles. The maximum atomic E-state index is 13.3. The number of carbonyl (C=O) groups excluding carboxylic acids is 1. The van der Waals surface area contributed by atoms with E-state index >= 15 is 0 Å². The van der Waals surface area contributed by atoms with Gasteiger partial charge < -0.3 is 24.9 Å². The first kappa shape index (κ1) is 22.4. The molecule has 0 saturated heterocycles. The van der Waals surface area contributed by atoms with Crippen molar-refractivity contribution in [2.45, 2.75) is 19.4 Å². The quantitative estimate of drug-likeness (QED) is 0.353. The highest BCUT2D eigenvalue weighted by Gasteiger charge is 2.19. The molecule has 0 fully saturated rings. The van der Waals surface area contributed by atoms with Crippen LogP contribution in [0.25, 0.3) is 22.0 Å². The lowest BCUT2D eigenvalue weighted by Crippen LogP contribution is -2.39. The van der Waals surface area contributed by atoms with Gasteiger partial charge in [0.2, 0.25) is 0 Å². The number of carbonyl (C=O) groups is 1. The molecular weight excluding hydrogens is 416 g/mol. The summed E-state index contributed by atoms with van der Waals surface area (Å²) >= 11 is 0. The fraction of sp³-hybridized carbons (Fsp3) is 0.222. The van der Waals surface area contributed by atoms with Crippen LogP contribution in [0, 0.1) is 0 Å². The summed E-state index contributed by atoms with van der Waals surface area (Å²) in [5, 5.41) is 14.0. The summed E-state index contributed by atoms with van der Waals surface area (Å²) in [5.74, 6) is 0.995. The molecule has 1 unspecified atom stereocenters. The number of benzene rings is 3. The van der Waals surface area contributed by atoms with Crippen molar-refractivity contribution in [2.75, 3.05) is 20.3 Å². The molecule has 0 aliphatic heterocycles. The smallest absolute Gasteiger partial charge is 0.255 e. The van der Waals surface area contributed by atoms with Crippen LogP contribution in [-0.2, 0) is 6.42 Å². The summed E-state index contributed by atoms with van der Waals surface area (Å²) in [5.41, 5.74) is 4.36. The van der Waals surface area contributed by atoms with Gasteiger partial charge in [0.05, 0.1) is 31.9 Å². The fourth-order valence-electron chi connectivity index (χ4n) is 3.94. The first-order valence-electron chi connectivity index (χ1n) is 11.0. The van der Waals surface area contributed by atoms with Crippen LogP contribution < -0.4 is 14.8 Å². The predicted molar refractivity (Wildman–Crippen MR) is 130 cm³/mol. The van der Waals surface area contributed by atoms with Gasteiger partial charge in [-0.2, -0.15) is 0 Å². The number of methoxy groups -OCH3 is 1. The zero-order valence-corrected chi connectivity index (χ0v) is 18.8. The van der Waals surface area contributed by atoms with Gasteiger partial charge in [-0.1, -0.05) is 36.4 Å². The molecule has 3 N–H and O–H groups in total. The Kier molecular flexibility index (Phi) is 6.95. The van der Waals surface area contributed by atoms with Crippen LogP contribution in [0.5, 0.6) is 11.5 Å². The van der Waals surface area contributed by atoms with Gasteiger partial charge >= 0.3 is 0 Å². The number of fused-ring (bicyclic) bond motifs is 1. The SMILES string of the molecule is CCOc1ccc(-c2ccc(OC)cc2)cc1C(=O)NC(CO)Cc1c[nH]c2ccccc12. The molecule has 0 spiro atoms. The molecule has 6 nitrogen and oxygen atoms in total.